The Morgan fingerprint density at radius 3 is 2.60 bits per heavy atom. The van der Waals surface area contributed by atoms with Crippen LogP contribution in [0.4, 0.5) is 4.79 Å². The molecule has 0 spiro atoms. The van der Waals surface area contributed by atoms with E-state index in [-0.39, 0.29) is 11.9 Å². The van der Waals surface area contributed by atoms with Gasteiger partial charge in [0.1, 0.15) is 5.54 Å². The van der Waals surface area contributed by atoms with Crippen molar-refractivity contribution in [2.45, 2.75) is 50.7 Å². The second-order valence-electron chi connectivity index (χ2n) is 6.74. The summed E-state index contributed by atoms with van der Waals surface area (Å²) in [5.41, 5.74) is -0.753. The maximum Gasteiger partial charge on any atom is 0.325 e. The number of carbonyl (C=O) groups excluding carboxylic acids is 2. The minimum Gasteiger partial charge on any atom is -0.324 e. The molecule has 3 heterocycles. The van der Waals surface area contributed by atoms with Crippen LogP contribution in [0.15, 0.2) is 0 Å². The van der Waals surface area contributed by atoms with E-state index in [2.05, 4.69) is 15.5 Å². The Bertz CT molecular complexity index is 423. The van der Waals surface area contributed by atoms with Gasteiger partial charge >= 0.3 is 6.03 Å². The zero-order valence-corrected chi connectivity index (χ0v) is 12.3. The molecule has 20 heavy (non-hydrogen) atoms. The van der Waals surface area contributed by atoms with Gasteiger partial charge in [-0.2, -0.15) is 0 Å². The number of hydrogen-bond acceptors (Lipinski definition) is 4. The molecule has 3 amide bonds. The van der Waals surface area contributed by atoms with E-state index in [0.717, 1.165) is 19.6 Å². The summed E-state index contributed by atoms with van der Waals surface area (Å²) in [4.78, 5) is 27.7. The molecule has 2 N–H and O–H groups in total. The first-order valence-electron chi connectivity index (χ1n) is 7.58. The molecule has 0 aromatic carbocycles. The molecule has 3 saturated heterocycles. The third-order valence-corrected chi connectivity index (χ3v) is 4.69. The third-order valence-electron chi connectivity index (χ3n) is 4.69. The lowest BCUT2D eigenvalue weighted by atomic mass is 10.1. The second kappa shape index (κ2) is 5.00. The van der Waals surface area contributed by atoms with Crippen molar-refractivity contribution < 1.29 is 9.59 Å². The number of carbonyl (C=O) groups is 2. The molecule has 3 fully saturated rings. The summed E-state index contributed by atoms with van der Waals surface area (Å²) in [6.07, 6.45) is 3.71. The maximum atomic E-state index is 12.1. The number of urea groups is 1. The molecule has 2 unspecified atom stereocenters. The molecule has 3 rings (SSSR count). The third kappa shape index (κ3) is 2.54. The number of likely N-dealkylation sites (tertiary alicyclic amines) is 1. The minimum absolute atomic E-state index is 0.114. The van der Waals surface area contributed by atoms with E-state index in [4.69, 9.17) is 0 Å². The Morgan fingerprint density at radius 1 is 1.15 bits per heavy atom. The van der Waals surface area contributed by atoms with E-state index < -0.39 is 5.54 Å². The first kappa shape index (κ1) is 13.8. The molecule has 2 atom stereocenters. The average molecular weight is 280 g/mol. The van der Waals surface area contributed by atoms with E-state index in [1.165, 1.54) is 24.2 Å². The van der Waals surface area contributed by atoms with Crippen LogP contribution in [0.25, 0.3) is 0 Å². The van der Waals surface area contributed by atoms with E-state index in [0.29, 0.717) is 18.6 Å². The van der Waals surface area contributed by atoms with Gasteiger partial charge in [-0.15, -0.1) is 0 Å². The molecule has 3 aliphatic rings. The van der Waals surface area contributed by atoms with Crippen LogP contribution < -0.4 is 10.6 Å². The minimum atomic E-state index is -0.753. The fourth-order valence-electron chi connectivity index (χ4n) is 3.48. The van der Waals surface area contributed by atoms with Crippen molar-refractivity contribution >= 4 is 11.9 Å². The van der Waals surface area contributed by atoms with Gasteiger partial charge in [-0.25, -0.2) is 4.79 Å². The van der Waals surface area contributed by atoms with Crippen LogP contribution in [0.1, 0.15) is 33.1 Å². The van der Waals surface area contributed by atoms with Crippen LogP contribution in [0, 0.1) is 0 Å². The fourth-order valence-corrected chi connectivity index (χ4v) is 3.48. The summed E-state index contributed by atoms with van der Waals surface area (Å²) < 4.78 is 0. The maximum absolute atomic E-state index is 12.1. The molecule has 0 aromatic heterocycles. The molecule has 2 bridgehead atoms. The highest BCUT2D eigenvalue weighted by molar-refractivity contribution is 6.06. The molecule has 6 nitrogen and oxygen atoms in total. The molecule has 0 aliphatic carbocycles. The van der Waals surface area contributed by atoms with E-state index in [1.807, 2.05) is 0 Å². The SMILES string of the molecule is CC1(C)NC(=O)N(CCN2CCC3CCC(C2)N3)C1=O. The molecule has 6 heteroatoms. The number of nitrogens with zero attached hydrogens (tertiary/aromatic N) is 2. The van der Waals surface area contributed by atoms with Gasteiger partial charge < -0.3 is 10.6 Å². The Hall–Kier alpha value is -1.14. The summed E-state index contributed by atoms with van der Waals surface area (Å²) in [7, 11) is 0. The van der Waals surface area contributed by atoms with Crippen LogP contribution in [-0.2, 0) is 4.79 Å². The van der Waals surface area contributed by atoms with Crippen LogP contribution >= 0.6 is 0 Å². The highest BCUT2D eigenvalue weighted by Gasteiger charge is 2.44. The number of nitrogens with one attached hydrogen (secondary N) is 2. The summed E-state index contributed by atoms with van der Waals surface area (Å²) in [5.74, 6) is -0.114. The molecule has 112 valence electrons. The molecule has 0 saturated carbocycles. The molecule has 0 radical (unpaired) electrons. The zero-order chi connectivity index (χ0) is 14.3. The number of imide groups is 1. The van der Waals surface area contributed by atoms with E-state index >= 15 is 0 Å². The fraction of sp³-hybridized carbons (Fsp3) is 0.857. The predicted molar refractivity (Wildman–Crippen MR) is 75.3 cm³/mol. The van der Waals surface area contributed by atoms with Gasteiger partial charge in [0.05, 0.1) is 0 Å². The zero-order valence-electron chi connectivity index (χ0n) is 12.3. The number of rotatable bonds is 3. The van der Waals surface area contributed by atoms with Gasteiger partial charge in [-0.3, -0.25) is 14.6 Å². The van der Waals surface area contributed by atoms with Crippen LogP contribution in [-0.4, -0.2) is 65.5 Å². The number of hydrogen-bond donors (Lipinski definition) is 2. The van der Waals surface area contributed by atoms with Gasteiger partial charge in [0.25, 0.3) is 5.91 Å². The van der Waals surface area contributed by atoms with Gasteiger partial charge in [0, 0.05) is 31.7 Å². The van der Waals surface area contributed by atoms with Crippen molar-refractivity contribution in [3.63, 3.8) is 0 Å². The summed E-state index contributed by atoms with van der Waals surface area (Å²) in [6, 6.07) is 0.997. The van der Waals surface area contributed by atoms with Crippen LogP contribution in [0.2, 0.25) is 0 Å². The monoisotopic (exact) mass is 280 g/mol. The van der Waals surface area contributed by atoms with Gasteiger partial charge in [0.15, 0.2) is 0 Å². The van der Waals surface area contributed by atoms with Crippen LogP contribution in [0.3, 0.4) is 0 Å². The van der Waals surface area contributed by atoms with Gasteiger partial charge in [-0.1, -0.05) is 0 Å². The smallest absolute Gasteiger partial charge is 0.324 e. The Kier molecular flexibility index (Phi) is 3.46. The van der Waals surface area contributed by atoms with Crippen molar-refractivity contribution in [3.05, 3.63) is 0 Å². The van der Waals surface area contributed by atoms with E-state index in [1.54, 1.807) is 13.8 Å². The number of amides is 3. The Labute approximate surface area is 119 Å². The van der Waals surface area contributed by atoms with Crippen molar-refractivity contribution in [3.8, 4) is 0 Å². The molecule has 3 aliphatic heterocycles. The van der Waals surface area contributed by atoms with Crippen molar-refractivity contribution in [1.82, 2.24) is 20.4 Å². The quantitative estimate of drug-likeness (QED) is 0.722. The van der Waals surface area contributed by atoms with Crippen molar-refractivity contribution in [2.24, 2.45) is 0 Å². The molecular formula is C14H24N4O2. The first-order valence-corrected chi connectivity index (χ1v) is 7.58. The highest BCUT2D eigenvalue weighted by atomic mass is 16.2. The lowest BCUT2D eigenvalue weighted by Crippen LogP contribution is -2.43. The topological polar surface area (TPSA) is 64.7 Å². The normalized spacial score (nSPS) is 33.4. The molecule has 0 aromatic rings. The lowest BCUT2D eigenvalue weighted by molar-refractivity contribution is -0.130. The number of fused-ring (bicyclic) bond motifs is 2. The summed E-state index contributed by atoms with van der Waals surface area (Å²) in [5, 5.41) is 6.37. The van der Waals surface area contributed by atoms with Gasteiger partial charge in [-0.05, 0) is 39.7 Å². The molecular weight excluding hydrogens is 256 g/mol. The van der Waals surface area contributed by atoms with Crippen molar-refractivity contribution in [2.75, 3.05) is 26.2 Å². The summed E-state index contributed by atoms with van der Waals surface area (Å²) in [6.45, 7) is 6.86. The predicted octanol–water partition coefficient (Wildman–Crippen LogP) is 0.143. The highest BCUT2D eigenvalue weighted by Crippen LogP contribution is 2.21. The Balaban J connectivity index is 1.54. The average Bonchev–Trinajstić information content (AvgIpc) is 2.79. The van der Waals surface area contributed by atoms with Gasteiger partial charge in [0.2, 0.25) is 0 Å². The summed E-state index contributed by atoms with van der Waals surface area (Å²) >= 11 is 0. The van der Waals surface area contributed by atoms with Crippen molar-refractivity contribution in [1.29, 1.82) is 0 Å². The second-order valence-corrected chi connectivity index (χ2v) is 6.74. The first-order chi connectivity index (χ1) is 9.45. The largest absolute Gasteiger partial charge is 0.325 e. The standard InChI is InChI=1S/C14H24N4O2/c1-14(2)12(19)18(13(20)16-14)8-7-17-6-5-10-3-4-11(9-17)15-10/h10-11,15H,3-9H2,1-2H3,(H,16,20). The van der Waals surface area contributed by atoms with Crippen LogP contribution in [0.5, 0.6) is 0 Å². The van der Waals surface area contributed by atoms with E-state index in [9.17, 15) is 9.59 Å². The lowest BCUT2D eigenvalue weighted by Gasteiger charge is -2.25. The Morgan fingerprint density at radius 2 is 1.90 bits per heavy atom.